The number of nitrogens with zero attached hydrogens (tertiary/aromatic N) is 4. The van der Waals surface area contributed by atoms with Crippen LogP contribution in [-0.4, -0.2) is 53.7 Å². The number of nitro benzene ring substituents is 1. The summed E-state index contributed by atoms with van der Waals surface area (Å²) < 4.78 is 27.2. The van der Waals surface area contributed by atoms with Gasteiger partial charge in [0.05, 0.1) is 10.6 Å². The average molecular weight is 445 g/mol. The van der Waals surface area contributed by atoms with Gasteiger partial charge in [0.1, 0.15) is 5.01 Å². The normalized spacial score (nSPS) is 15.9. The zero-order chi connectivity index (χ0) is 21.1. The van der Waals surface area contributed by atoms with Crippen LogP contribution in [0.15, 0.2) is 64.9 Å². The number of thiazole rings is 1. The van der Waals surface area contributed by atoms with E-state index in [1.807, 2.05) is 35.7 Å². The summed E-state index contributed by atoms with van der Waals surface area (Å²) in [5, 5.41) is 14.2. The molecular weight excluding hydrogens is 424 g/mol. The van der Waals surface area contributed by atoms with Crippen molar-refractivity contribution in [1.82, 2.24) is 14.2 Å². The molecule has 1 aliphatic heterocycles. The van der Waals surface area contributed by atoms with E-state index >= 15 is 0 Å². The molecule has 1 fully saturated rings. The first-order valence-corrected chi connectivity index (χ1v) is 11.7. The summed E-state index contributed by atoms with van der Waals surface area (Å²) in [6, 6.07) is 15.4. The predicted molar refractivity (Wildman–Crippen MR) is 115 cm³/mol. The second-order valence-electron chi connectivity index (χ2n) is 6.92. The Kier molecular flexibility index (Phi) is 5.91. The minimum absolute atomic E-state index is 0.254. The Hall–Kier alpha value is -2.66. The number of benzene rings is 2. The number of sulfonamides is 1. The molecule has 1 aromatic heterocycles. The molecule has 0 unspecified atom stereocenters. The van der Waals surface area contributed by atoms with Gasteiger partial charge in [-0.25, -0.2) is 13.4 Å². The van der Waals surface area contributed by atoms with Crippen LogP contribution in [0.5, 0.6) is 0 Å². The van der Waals surface area contributed by atoms with E-state index in [-0.39, 0.29) is 18.0 Å². The fourth-order valence-electron chi connectivity index (χ4n) is 3.42. The summed E-state index contributed by atoms with van der Waals surface area (Å²) in [6.45, 7) is 2.28. The van der Waals surface area contributed by atoms with Crippen molar-refractivity contribution >= 4 is 27.0 Å². The molecule has 0 saturated carbocycles. The number of aromatic nitrogens is 1. The SMILES string of the molecule is O=[N+]([O-])c1ccccc1S(=O)(=O)N1CCN(Cc2csc(-c3ccccc3)n2)CC1. The first-order chi connectivity index (χ1) is 14.4. The molecule has 3 aromatic rings. The average Bonchev–Trinajstić information content (AvgIpc) is 3.23. The summed E-state index contributed by atoms with van der Waals surface area (Å²) in [5.74, 6) is 0. The maximum atomic E-state index is 12.9. The second kappa shape index (κ2) is 8.60. The highest BCUT2D eigenvalue weighted by molar-refractivity contribution is 7.89. The lowest BCUT2D eigenvalue weighted by Crippen LogP contribution is -2.48. The second-order valence-corrected chi connectivity index (χ2v) is 9.68. The molecule has 0 spiro atoms. The molecular formula is C20H20N4O4S2. The number of nitro groups is 1. The fourth-order valence-corrected chi connectivity index (χ4v) is 5.81. The highest BCUT2D eigenvalue weighted by Gasteiger charge is 2.33. The van der Waals surface area contributed by atoms with E-state index in [0.717, 1.165) is 16.3 Å². The molecule has 156 valence electrons. The topological polar surface area (TPSA) is 96.6 Å². The standard InChI is InChI=1S/C20H20N4O4S2/c25-24(26)18-8-4-5-9-19(18)30(27,28)23-12-10-22(11-13-23)14-17-15-29-20(21-17)16-6-2-1-3-7-16/h1-9,15H,10-14H2. The van der Waals surface area contributed by atoms with Crippen molar-refractivity contribution in [2.45, 2.75) is 11.4 Å². The van der Waals surface area contributed by atoms with Gasteiger partial charge in [0.2, 0.25) is 10.0 Å². The monoisotopic (exact) mass is 444 g/mol. The van der Waals surface area contributed by atoms with Gasteiger partial charge in [-0.15, -0.1) is 11.3 Å². The first-order valence-electron chi connectivity index (χ1n) is 9.41. The van der Waals surface area contributed by atoms with Crippen LogP contribution in [0.4, 0.5) is 5.69 Å². The van der Waals surface area contributed by atoms with E-state index in [1.165, 1.54) is 28.6 Å². The third kappa shape index (κ3) is 4.26. The Balaban J connectivity index is 1.41. The number of piperazine rings is 1. The highest BCUT2D eigenvalue weighted by atomic mass is 32.2. The summed E-state index contributed by atoms with van der Waals surface area (Å²) in [4.78, 5) is 17.1. The van der Waals surface area contributed by atoms with Crippen molar-refractivity contribution in [3.05, 3.63) is 75.8 Å². The lowest BCUT2D eigenvalue weighted by atomic mass is 10.2. The van der Waals surface area contributed by atoms with Gasteiger partial charge in [0.25, 0.3) is 5.69 Å². The van der Waals surface area contributed by atoms with Gasteiger partial charge < -0.3 is 0 Å². The van der Waals surface area contributed by atoms with Crippen molar-refractivity contribution in [3.8, 4) is 10.6 Å². The first kappa shape index (κ1) is 20.6. The molecule has 0 bridgehead atoms. The van der Waals surface area contributed by atoms with Crippen LogP contribution in [0.3, 0.4) is 0 Å². The van der Waals surface area contributed by atoms with E-state index in [0.29, 0.717) is 19.6 Å². The maximum absolute atomic E-state index is 12.9. The lowest BCUT2D eigenvalue weighted by Gasteiger charge is -2.33. The molecule has 1 aliphatic rings. The van der Waals surface area contributed by atoms with Crippen molar-refractivity contribution in [1.29, 1.82) is 0 Å². The van der Waals surface area contributed by atoms with Gasteiger partial charge in [-0.2, -0.15) is 4.31 Å². The third-order valence-electron chi connectivity index (χ3n) is 4.97. The third-order valence-corrected chi connectivity index (χ3v) is 7.86. The van der Waals surface area contributed by atoms with Crippen LogP contribution in [0, 0.1) is 10.1 Å². The Morgan fingerprint density at radius 3 is 2.37 bits per heavy atom. The van der Waals surface area contributed by atoms with Crippen molar-refractivity contribution < 1.29 is 13.3 Å². The van der Waals surface area contributed by atoms with Crippen molar-refractivity contribution in [2.24, 2.45) is 0 Å². The van der Waals surface area contributed by atoms with Crippen LogP contribution >= 0.6 is 11.3 Å². The molecule has 0 N–H and O–H groups in total. The van der Waals surface area contributed by atoms with E-state index in [2.05, 4.69) is 4.90 Å². The summed E-state index contributed by atoms with van der Waals surface area (Å²) in [6.07, 6.45) is 0. The fraction of sp³-hybridized carbons (Fsp3) is 0.250. The molecule has 0 radical (unpaired) electrons. The van der Waals surface area contributed by atoms with Gasteiger partial charge in [0, 0.05) is 49.7 Å². The molecule has 2 heterocycles. The van der Waals surface area contributed by atoms with E-state index in [1.54, 1.807) is 11.3 Å². The van der Waals surface area contributed by atoms with E-state index in [9.17, 15) is 18.5 Å². The van der Waals surface area contributed by atoms with Gasteiger partial charge in [-0.1, -0.05) is 42.5 Å². The van der Waals surface area contributed by atoms with Crippen molar-refractivity contribution in [3.63, 3.8) is 0 Å². The summed E-state index contributed by atoms with van der Waals surface area (Å²) >= 11 is 1.59. The predicted octanol–water partition coefficient (Wildman–Crippen LogP) is 3.22. The molecule has 0 amide bonds. The number of rotatable bonds is 6. The Labute approximate surface area is 178 Å². The molecule has 1 saturated heterocycles. The minimum atomic E-state index is -3.91. The van der Waals surface area contributed by atoms with Crippen LogP contribution in [0.1, 0.15) is 5.69 Å². The number of hydrogen-bond acceptors (Lipinski definition) is 7. The Bertz CT molecular complexity index is 1140. The van der Waals surface area contributed by atoms with Crippen LogP contribution in [0.25, 0.3) is 10.6 Å². The number of para-hydroxylation sites is 1. The quantitative estimate of drug-likeness (QED) is 0.428. The van der Waals surface area contributed by atoms with Gasteiger partial charge in [-0.05, 0) is 6.07 Å². The molecule has 0 atom stereocenters. The summed E-state index contributed by atoms with van der Waals surface area (Å²) in [7, 11) is -3.91. The van der Waals surface area contributed by atoms with Crippen molar-refractivity contribution in [2.75, 3.05) is 26.2 Å². The Morgan fingerprint density at radius 1 is 1.00 bits per heavy atom. The van der Waals surface area contributed by atoms with Gasteiger partial charge in [-0.3, -0.25) is 15.0 Å². The lowest BCUT2D eigenvalue weighted by molar-refractivity contribution is -0.387. The van der Waals surface area contributed by atoms with E-state index in [4.69, 9.17) is 4.98 Å². The van der Waals surface area contributed by atoms with Gasteiger partial charge in [0.15, 0.2) is 4.90 Å². The zero-order valence-electron chi connectivity index (χ0n) is 16.0. The zero-order valence-corrected chi connectivity index (χ0v) is 17.7. The molecule has 8 nitrogen and oxygen atoms in total. The van der Waals surface area contributed by atoms with E-state index < -0.39 is 20.6 Å². The molecule has 0 aliphatic carbocycles. The minimum Gasteiger partial charge on any atom is -0.295 e. The molecule has 2 aromatic carbocycles. The molecule has 10 heteroatoms. The summed E-state index contributed by atoms with van der Waals surface area (Å²) in [5.41, 5.74) is 1.64. The van der Waals surface area contributed by atoms with Gasteiger partial charge >= 0.3 is 0 Å². The Morgan fingerprint density at radius 2 is 1.67 bits per heavy atom. The molecule has 30 heavy (non-hydrogen) atoms. The highest BCUT2D eigenvalue weighted by Crippen LogP contribution is 2.28. The largest absolute Gasteiger partial charge is 0.295 e. The van der Waals surface area contributed by atoms with Crippen LogP contribution in [-0.2, 0) is 16.6 Å². The van der Waals surface area contributed by atoms with Crippen LogP contribution < -0.4 is 0 Å². The molecule has 4 rings (SSSR count). The smallest absolute Gasteiger partial charge is 0.289 e. The number of hydrogen-bond donors (Lipinski definition) is 0. The maximum Gasteiger partial charge on any atom is 0.289 e. The van der Waals surface area contributed by atoms with Crippen LogP contribution in [0.2, 0.25) is 0 Å².